The van der Waals surface area contributed by atoms with E-state index in [0.29, 0.717) is 5.56 Å². The van der Waals surface area contributed by atoms with Crippen molar-refractivity contribution >= 4 is 5.91 Å². The lowest BCUT2D eigenvalue weighted by molar-refractivity contribution is -0.137. The van der Waals surface area contributed by atoms with Crippen LogP contribution in [0, 0.1) is 0 Å². The Balaban J connectivity index is 1.76. The fourth-order valence-corrected chi connectivity index (χ4v) is 2.19. The maximum Gasteiger partial charge on any atom is 0.416 e. The first-order valence-electron chi connectivity index (χ1n) is 7.36. The van der Waals surface area contributed by atoms with Gasteiger partial charge in [0.05, 0.1) is 17.6 Å². The Morgan fingerprint density at radius 1 is 1.25 bits per heavy atom. The molecule has 1 fully saturated rings. The van der Waals surface area contributed by atoms with Crippen LogP contribution in [0.15, 0.2) is 41.5 Å². The number of alkyl halides is 3. The van der Waals surface area contributed by atoms with Crippen LogP contribution in [0.1, 0.15) is 18.4 Å². The molecule has 5 nitrogen and oxygen atoms in total. The van der Waals surface area contributed by atoms with Gasteiger partial charge in [-0.3, -0.25) is 14.2 Å². The lowest BCUT2D eigenvalue weighted by atomic mass is 10.1. The summed E-state index contributed by atoms with van der Waals surface area (Å²) in [6.45, 7) is -0.129. The maximum atomic E-state index is 12.5. The summed E-state index contributed by atoms with van der Waals surface area (Å²) >= 11 is 0. The van der Waals surface area contributed by atoms with Gasteiger partial charge in [0, 0.05) is 17.7 Å². The van der Waals surface area contributed by atoms with Gasteiger partial charge in [-0.1, -0.05) is 12.1 Å². The van der Waals surface area contributed by atoms with Gasteiger partial charge in [-0.05, 0) is 25.0 Å². The molecule has 1 heterocycles. The minimum absolute atomic E-state index is 0.129. The number of halogens is 3. The van der Waals surface area contributed by atoms with Crippen LogP contribution in [-0.4, -0.2) is 21.5 Å². The molecule has 1 aliphatic carbocycles. The Hall–Kier alpha value is -2.64. The Morgan fingerprint density at radius 2 is 1.92 bits per heavy atom. The van der Waals surface area contributed by atoms with E-state index in [0.717, 1.165) is 29.5 Å². The molecule has 1 saturated carbocycles. The quantitative estimate of drug-likeness (QED) is 0.930. The van der Waals surface area contributed by atoms with Crippen LogP contribution in [0.5, 0.6) is 0 Å². The number of rotatable bonds is 4. The van der Waals surface area contributed by atoms with E-state index in [2.05, 4.69) is 10.3 Å². The van der Waals surface area contributed by atoms with Gasteiger partial charge in [0.15, 0.2) is 0 Å². The highest BCUT2D eigenvalue weighted by Gasteiger charge is 2.30. The number of carbonyl (C=O) groups is 1. The lowest BCUT2D eigenvalue weighted by Crippen LogP contribution is -2.33. The number of nitrogens with one attached hydrogen (secondary N) is 1. The third kappa shape index (κ3) is 3.81. The van der Waals surface area contributed by atoms with E-state index in [-0.39, 0.29) is 24.2 Å². The van der Waals surface area contributed by atoms with E-state index in [1.165, 1.54) is 24.5 Å². The number of benzene rings is 1. The smallest absolute Gasteiger partial charge is 0.352 e. The number of aromatic nitrogens is 2. The molecule has 0 bridgehead atoms. The van der Waals surface area contributed by atoms with Crippen molar-refractivity contribution in [2.24, 2.45) is 0 Å². The Bertz CT molecular complexity index is 809. The van der Waals surface area contributed by atoms with Gasteiger partial charge in [-0.15, -0.1) is 0 Å². The highest BCUT2D eigenvalue weighted by molar-refractivity contribution is 5.76. The van der Waals surface area contributed by atoms with Gasteiger partial charge in [-0.2, -0.15) is 13.2 Å². The molecule has 0 spiro atoms. The molecule has 1 aliphatic rings. The average Bonchev–Trinajstić information content (AvgIpc) is 3.32. The Labute approximate surface area is 135 Å². The van der Waals surface area contributed by atoms with Crippen LogP contribution in [-0.2, 0) is 17.5 Å². The summed E-state index contributed by atoms with van der Waals surface area (Å²) in [5.41, 5.74) is -0.551. The monoisotopic (exact) mass is 337 g/mol. The van der Waals surface area contributed by atoms with Gasteiger partial charge < -0.3 is 5.32 Å². The molecule has 126 valence electrons. The largest absolute Gasteiger partial charge is 0.416 e. The van der Waals surface area contributed by atoms with Gasteiger partial charge in [0.1, 0.15) is 6.54 Å². The SMILES string of the molecule is O=C(Cn1cnc(-c2ccc(C(F)(F)F)cc2)cc1=O)NC1CC1. The van der Waals surface area contributed by atoms with Crippen LogP contribution in [0.2, 0.25) is 0 Å². The van der Waals surface area contributed by atoms with Crippen molar-refractivity contribution in [1.82, 2.24) is 14.9 Å². The van der Waals surface area contributed by atoms with Crippen LogP contribution >= 0.6 is 0 Å². The summed E-state index contributed by atoms with van der Waals surface area (Å²) in [7, 11) is 0. The minimum atomic E-state index is -4.41. The van der Waals surface area contributed by atoms with E-state index in [4.69, 9.17) is 0 Å². The first-order chi connectivity index (χ1) is 11.3. The predicted molar refractivity (Wildman–Crippen MR) is 80.1 cm³/mol. The fraction of sp³-hybridized carbons (Fsp3) is 0.312. The van der Waals surface area contributed by atoms with Crippen LogP contribution in [0.25, 0.3) is 11.3 Å². The zero-order chi connectivity index (χ0) is 17.3. The van der Waals surface area contributed by atoms with Crippen molar-refractivity contribution < 1.29 is 18.0 Å². The Kier molecular flexibility index (Phi) is 4.13. The molecule has 2 aromatic rings. The molecule has 1 aromatic heterocycles. The number of carbonyl (C=O) groups excluding carboxylic acids is 1. The molecule has 1 amide bonds. The maximum absolute atomic E-state index is 12.5. The molecule has 1 N–H and O–H groups in total. The molecule has 1 aromatic carbocycles. The molecule has 3 rings (SSSR count). The zero-order valence-electron chi connectivity index (χ0n) is 12.5. The van der Waals surface area contributed by atoms with Gasteiger partial charge in [0.2, 0.25) is 5.91 Å². The van der Waals surface area contributed by atoms with Gasteiger partial charge in [-0.25, -0.2) is 4.98 Å². The predicted octanol–water partition coefficient (Wildman–Crippen LogP) is 2.21. The third-order valence-electron chi connectivity index (χ3n) is 3.64. The van der Waals surface area contributed by atoms with Crippen LogP contribution < -0.4 is 10.9 Å². The molecule has 0 unspecified atom stereocenters. The summed E-state index contributed by atoms with van der Waals surface area (Å²) in [5.74, 6) is -0.260. The van der Waals surface area contributed by atoms with Crippen molar-refractivity contribution in [3.8, 4) is 11.3 Å². The number of amides is 1. The molecule has 0 aliphatic heterocycles. The second kappa shape index (κ2) is 6.10. The zero-order valence-corrected chi connectivity index (χ0v) is 12.5. The molecule has 0 atom stereocenters. The van der Waals surface area contributed by atoms with E-state index in [9.17, 15) is 22.8 Å². The van der Waals surface area contributed by atoms with Crippen LogP contribution in [0.3, 0.4) is 0 Å². The summed E-state index contributed by atoms with van der Waals surface area (Å²) in [5, 5.41) is 2.76. The second-order valence-corrected chi connectivity index (χ2v) is 5.66. The highest BCUT2D eigenvalue weighted by atomic mass is 19.4. The lowest BCUT2D eigenvalue weighted by Gasteiger charge is -2.09. The molecular formula is C16H14F3N3O2. The topological polar surface area (TPSA) is 64.0 Å². The summed E-state index contributed by atoms with van der Waals surface area (Å²) in [6.07, 6.45) is -1.29. The number of hydrogen-bond donors (Lipinski definition) is 1. The fourth-order valence-electron chi connectivity index (χ4n) is 2.19. The van der Waals surface area contributed by atoms with Crippen molar-refractivity contribution in [3.05, 3.63) is 52.6 Å². The second-order valence-electron chi connectivity index (χ2n) is 5.66. The van der Waals surface area contributed by atoms with Crippen LogP contribution in [0.4, 0.5) is 13.2 Å². The summed E-state index contributed by atoms with van der Waals surface area (Å²) < 4.78 is 38.8. The van der Waals surface area contributed by atoms with E-state index in [1.807, 2.05) is 0 Å². The van der Waals surface area contributed by atoms with Crippen molar-refractivity contribution in [2.45, 2.75) is 31.6 Å². The van der Waals surface area contributed by atoms with Crippen molar-refractivity contribution in [1.29, 1.82) is 0 Å². The van der Waals surface area contributed by atoms with Gasteiger partial charge in [0.25, 0.3) is 5.56 Å². The van der Waals surface area contributed by atoms with Gasteiger partial charge >= 0.3 is 6.18 Å². The normalized spacial score (nSPS) is 14.5. The standard InChI is InChI=1S/C16H14F3N3O2/c17-16(18,19)11-3-1-10(2-4-11)13-7-15(24)22(9-20-13)8-14(23)21-12-5-6-12/h1-4,7,9,12H,5-6,8H2,(H,21,23). The van der Waals surface area contributed by atoms with E-state index < -0.39 is 17.3 Å². The Morgan fingerprint density at radius 3 is 2.46 bits per heavy atom. The molecule has 8 heteroatoms. The highest BCUT2D eigenvalue weighted by Crippen LogP contribution is 2.30. The molecule has 0 saturated heterocycles. The summed E-state index contributed by atoms with van der Waals surface area (Å²) in [4.78, 5) is 27.8. The average molecular weight is 337 g/mol. The molecular weight excluding hydrogens is 323 g/mol. The first-order valence-corrected chi connectivity index (χ1v) is 7.36. The van der Waals surface area contributed by atoms with Crippen molar-refractivity contribution in [3.63, 3.8) is 0 Å². The molecule has 0 radical (unpaired) electrons. The first kappa shape index (κ1) is 16.2. The number of hydrogen-bond acceptors (Lipinski definition) is 3. The third-order valence-corrected chi connectivity index (χ3v) is 3.64. The van der Waals surface area contributed by atoms with Crippen molar-refractivity contribution in [2.75, 3.05) is 0 Å². The minimum Gasteiger partial charge on any atom is -0.352 e. The summed E-state index contributed by atoms with van der Waals surface area (Å²) in [6, 6.07) is 5.79. The molecule has 24 heavy (non-hydrogen) atoms. The van der Waals surface area contributed by atoms with E-state index >= 15 is 0 Å². The number of nitrogens with zero attached hydrogens (tertiary/aromatic N) is 2. The van der Waals surface area contributed by atoms with E-state index in [1.54, 1.807) is 0 Å².